The Balaban J connectivity index is 0. The molecule has 3 aromatic rings. The number of hydrogen-bond acceptors (Lipinski definition) is 9. The van der Waals surface area contributed by atoms with Crippen molar-refractivity contribution in [2.75, 3.05) is 89.3 Å². The van der Waals surface area contributed by atoms with E-state index in [2.05, 4.69) is 108 Å². The van der Waals surface area contributed by atoms with Crippen molar-refractivity contribution in [2.45, 2.75) is 65.8 Å². The molecule has 3 N–H and O–H groups in total. The van der Waals surface area contributed by atoms with Crippen LogP contribution >= 0.6 is 11.6 Å². The number of nitrogens with zero attached hydrogens (tertiary/aromatic N) is 5. The Kier molecular flexibility index (Phi) is 45.9. The van der Waals surface area contributed by atoms with E-state index in [1.165, 1.54) is 0 Å². The first kappa shape index (κ1) is 83.3. The predicted molar refractivity (Wildman–Crippen MR) is 379 cm³/mol. The van der Waals surface area contributed by atoms with E-state index in [0.29, 0.717) is 107 Å². The average Bonchev–Trinajstić information content (AvgIpc) is 1.06. The van der Waals surface area contributed by atoms with Gasteiger partial charge in [-0.15, -0.1) is 65.8 Å². The molecule has 17 nitrogen and oxygen atoms in total. The zero-order valence-electron chi connectivity index (χ0n) is 54.6. The smallest absolute Gasteiger partial charge is 0.333 e. The van der Waals surface area contributed by atoms with Gasteiger partial charge in [-0.3, -0.25) is 9.59 Å². The standard InChI is InChI=1S/C19H26N2O.C14H18N2O.C14H21NO3.C13H15ClN2O.C13H19NO3/c1-7-12-21(13-8-2)18(22)20-19(5,6)17-11-9-10-16(14-17)15(3)4;1-4-9-16(10-5-2)14(17)15-13-8-6-7-12(3)11-13;1-5-9-15(10-6-2)13(16)8-7-11-18-14(17)12(3)4;1-3-8-16(9-4-2)13(17)15-12-7-5-6-11(14)10-12;1-4-9-14(10-5-2)12(15)8-7-11-17-13(16)6-3/h7-11,14H,1-3,12-13H2,4-6H3,(H,20,22);4-8,11H,1-2,9-10H2,3H3,(H,15,17);5-6H,1-3,7-11H2,4H3;3-7,10H,1-2,8-9H2,(H,15,17);4-6H,1-3,7-11H2. The number of esters is 2. The van der Waals surface area contributed by atoms with E-state index in [1.807, 2.05) is 70.2 Å². The highest BCUT2D eigenvalue weighted by Crippen LogP contribution is 2.24. The maximum absolute atomic E-state index is 12.4. The van der Waals surface area contributed by atoms with Crippen LogP contribution in [-0.2, 0) is 34.2 Å². The predicted octanol–water partition coefficient (Wildman–Crippen LogP) is 14.9. The van der Waals surface area contributed by atoms with E-state index in [9.17, 15) is 33.6 Å². The molecule has 0 radical (unpaired) electrons. The van der Waals surface area contributed by atoms with Gasteiger partial charge in [0, 0.05) is 106 Å². The van der Waals surface area contributed by atoms with E-state index >= 15 is 0 Å². The largest absolute Gasteiger partial charge is 0.463 e. The monoisotopic (exact) mass is 1270 g/mol. The fourth-order valence-corrected chi connectivity index (χ4v) is 7.59. The number of anilines is 2. The van der Waals surface area contributed by atoms with Crippen LogP contribution in [-0.4, -0.2) is 145 Å². The molecule has 0 aliphatic carbocycles. The fourth-order valence-electron chi connectivity index (χ4n) is 7.40. The van der Waals surface area contributed by atoms with Gasteiger partial charge in [-0.2, -0.15) is 0 Å². The number of amides is 8. The summed E-state index contributed by atoms with van der Waals surface area (Å²) in [5.41, 5.74) is 5.58. The van der Waals surface area contributed by atoms with E-state index in [1.54, 1.807) is 116 Å². The Morgan fingerprint density at radius 1 is 0.495 bits per heavy atom. The average molecular weight is 1270 g/mol. The first-order valence-electron chi connectivity index (χ1n) is 29.4. The van der Waals surface area contributed by atoms with Crippen molar-refractivity contribution in [2.24, 2.45) is 0 Å². The lowest BCUT2D eigenvalue weighted by Gasteiger charge is -2.31. The lowest BCUT2D eigenvalue weighted by atomic mass is 9.92. The summed E-state index contributed by atoms with van der Waals surface area (Å²) in [7, 11) is 0. The minimum atomic E-state index is -0.483. The number of benzene rings is 3. The molecule has 0 heterocycles. The number of hydrogen-bond donors (Lipinski definition) is 3. The third-order valence-electron chi connectivity index (χ3n) is 12.0. The van der Waals surface area contributed by atoms with Crippen molar-refractivity contribution in [3.8, 4) is 0 Å². The summed E-state index contributed by atoms with van der Waals surface area (Å²) in [6.07, 6.45) is 19.6. The summed E-state index contributed by atoms with van der Waals surface area (Å²) in [4.78, 5) is 89.7. The molecule has 91 heavy (non-hydrogen) atoms. The van der Waals surface area contributed by atoms with Gasteiger partial charge in [-0.05, 0) is 101 Å². The van der Waals surface area contributed by atoms with Crippen LogP contribution in [0.3, 0.4) is 0 Å². The highest BCUT2D eigenvalue weighted by atomic mass is 35.5. The van der Waals surface area contributed by atoms with Crippen LogP contribution in [0.15, 0.2) is 231 Å². The lowest BCUT2D eigenvalue weighted by Crippen LogP contribution is -2.48. The maximum Gasteiger partial charge on any atom is 0.333 e. The molecular formula is C73H99ClN8O9. The summed E-state index contributed by atoms with van der Waals surface area (Å²) in [5, 5.41) is 9.26. The third-order valence-corrected chi connectivity index (χ3v) is 12.2. The second-order valence-electron chi connectivity index (χ2n) is 20.4. The van der Waals surface area contributed by atoms with Gasteiger partial charge in [0.1, 0.15) is 0 Å². The van der Waals surface area contributed by atoms with E-state index in [0.717, 1.165) is 34.0 Å². The fraction of sp³-hybridized carbons (Fsp3) is 0.301. The van der Waals surface area contributed by atoms with E-state index in [4.69, 9.17) is 21.1 Å². The number of carbonyl (C=O) groups is 7. The van der Waals surface area contributed by atoms with Gasteiger partial charge in [0.2, 0.25) is 11.8 Å². The number of carbonyl (C=O) groups excluding carboxylic acids is 7. The molecule has 18 heteroatoms. The highest BCUT2D eigenvalue weighted by molar-refractivity contribution is 6.30. The molecule has 0 saturated heterocycles. The molecule has 0 fully saturated rings. The molecule has 492 valence electrons. The molecule has 0 aliphatic rings. The Bertz CT molecular complexity index is 2800. The van der Waals surface area contributed by atoms with Crippen molar-refractivity contribution in [3.05, 3.63) is 252 Å². The van der Waals surface area contributed by atoms with Gasteiger partial charge in [0.25, 0.3) is 0 Å². The van der Waals surface area contributed by atoms with Crippen LogP contribution in [0, 0.1) is 6.92 Å². The summed E-state index contributed by atoms with van der Waals surface area (Å²) >= 11 is 5.83. The normalized spacial score (nSPS) is 9.69. The second-order valence-corrected chi connectivity index (χ2v) is 20.8. The molecule has 0 bridgehead atoms. The van der Waals surface area contributed by atoms with E-state index in [-0.39, 0.29) is 43.1 Å². The topological polar surface area (TPSA) is 190 Å². The number of aryl methyl sites for hydroxylation is 1. The molecule has 3 rings (SSSR count). The minimum Gasteiger partial charge on any atom is -0.463 e. The van der Waals surface area contributed by atoms with Crippen LogP contribution in [0.4, 0.5) is 25.8 Å². The molecule has 0 saturated carbocycles. The molecule has 0 unspecified atom stereocenters. The summed E-state index contributed by atoms with van der Waals surface area (Å²) in [6, 6.07) is 22.3. The second kappa shape index (κ2) is 50.2. The van der Waals surface area contributed by atoms with Crippen molar-refractivity contribution in [1.82, 2.24) is 29.8 Å². The molecular weight excluding hydrogens is 1170 g/mol. The van der Waals surface area contributed by atoms with E-state index < -0.39 is 17.5 Å². The van der Waals surface area contributed by atoms with Gasteiger partial charge in [-0.25, -0.2) is 24.0 Å². The Labute approximate surface area is 548 Å². The van der Waals surface area contributed by atoms with Crippen LogP contribution < -0.4 is 16.0 Å². The SMILES string of the molecule is C=CCN(CC=C)C(=O)CCCOC(=O)C(=C)C.C=CCN(CC=C)C(=O)CCCOC(=O)C=C.C=CCN(CC=C)C(=O)NC(C)(C)c1cccc(C(=C)C)c1.C=CCN(CC=C)C(=O)Nc1cccc(C)c1.C=CCN(CC=C)C(=O)Nc1cccc(Cl)c1. The highest BCUT2D eigenvalue weighted by Gasteiger charge is 2.25. The van der Waals surface area contributed by atoms with Gasteiger partial charge in [-0.1, -0.05) is 134 Å². The van der Waals surface area contributed by atoms with Crippen LogP contribution in [0.2, 0.25) is 5.02 Å². The maximum atomic E-state index is 12.4. The van der Waals surface area contributed by atoms with Crippen LogP contribution in [0.5, 0.6) is 0 Å². The van der Waals surface area contributed by atoms with Gasteiger partial charge >= 0.3 is 30.0 Å². The van der Waals surface area contributed by atoms with Gasteiger partial charge < -0.3 is 49.9 Å². The van der Waals surface area contributed by atoms with Gasteiger partial charge in [0.15, 0.2) is 0 Å². The van der Waals surface area contributed by atoms with Crippen molar-refractivity contribution < 1.29 is 43.0 Å². The van der Waals surface area contributed by atoms with Crippen molar-refractivity contribution >= 4 is 70.4 Å². The first-order valence-corrected chi connectivity index (χ1v) is 29.8. The zero-order valence-corrected chi connectivity index (χ0v) is 55.3. The summed E-state index contributed by atoms with van der Waals surface area (Å²) in [5.74, 6) is -0.886. The Morgan fingerprint density at radius 3 is 1.24 bits per heavy atom. The number of allylic oxidation sites excluding steroid dienone is 1. The number of urea groups is 3. The molecule has 8 amide bonds. The minimum absolute atomic E-state index is 0.000507. The summed E-state index contributed by atoms with van der Waals surface area (Å²) in [6.45, 7) is 61.8. The summed E-state index contributed by atoms with van der Waals surface area (Å²) < 4.78 is 9.68. The molecule has 0 aromatic heterocycles. The quantitative estimate of drug-likeness (QED) is 0.0223. The van der Waals surface area contributed by atoms with Crippen molar-refractivity contribution in [1.29, 1.82) is 0 Å². The lowest BCUT2D eigenvalue weighted by molar-refractivity contribution is -0.140. The first-order chi connectivity index (χ1) is 43.3. The van der Waals surface area contributed by atoms with Crippen LogP contribution in [0.1, 0.15) is 70.1 Å². The molecule has 0 aliphatic heterocycles. The number of ether oxygens (including phenoxy) is 2. The zero-order chi connectivity index (χ0) is 69.2. The Hall–Kier alpha value is -9.74. The number of rotatable bonds is 35. The van der Waals surface area contributed by atoms with Crippen molar-refractivity contribution in [3.63, 3.8) is 0 Å². The molecule has 3 aromatic carbocycles. The van der Waals surface area contributed by atoms with Crippen LogP contribution in [0.25, 0.3) is 5.57 Å². The Morgan fingerprint density at radius 2 is 0.868 bits per heavy atom. The molecule has 0 atom stereocenters. The number of halogens is 1. The van der Waals surface area contributed by atoms with Gasteiger partial charge in [0.05, 0.1) is 18.8 Å². The third kappa shape index (κ3) is 38.3. The number of nitrogens with one attached hydrogen (secondary N) is 3. The molecule has 0 spiro atoms.